The molecule has 92 valence electrons. The molecule has 0 saturated carbocycles. The van der Waals surface area contributed by atoms with Crippen LogP contribution in [-0.2, 0) is 5.60 Å². The standard InChI is InChI=1S/C12H15FN2O2/c13-10-3-1-9(2-4-10)12(17)5-7-15(8-6-12)11(14)16/h1-4,17H,5-8H2,(H2,14,16). The molecule has 1 aliphatic heterocycles. The van der Waals surface area contributed by atoms with Crippen LogP contribution in [0.4, 0.5) is 9.18 Å². The van der Waals surface area contributed by atoms with E-state index in [1.165, 1.54) is 17.0 Å². The summed E-state index contributed by atoms with van der Waals surface area (Å²) >= 11 is 0. The van der Waals surface area contributed by atoms with Gasteiger partial charge < -0.3 is 15.7 Å². The van der Waals surface area contributed by atoms with Gasteiger partial charge in [0.15, 0.2) is 0 Å². The number of primary amides is 1. The Morgan fingerprint density at radius 3 is 2.29 bits per heavy atom. The molecule has 17 heavy (non-hydrogen) atoms. The van der Waals surface area contributed by atoms with Crippen molar-refractivity contribution in [1.29, 1.82) is 0 Å². The number of rotatable bonds is 1. The Labute approximate surface area is 98.8 Å². The molecule has 1 saturated heterocycles. The summed E-state index contributed by atoms with van der Waals surface area (Å²) < 4.78 is 12.8. The molecule has 0 aliphatic carbocycles. The van der Waals surface area contributed by atoms with Crippen LogP contribution >= 0.6 is 0 Å². The Bertz CT molecular complexity index is 411. The van der Waals surface area contributed by atoms with Crippen LogP contribution in [0.2, 0.25) is 0 Å². The largest absolute Gasteiger partial charge is 0.385 e. The van der Waals surface area contributed by atoms with Gasteiger partial charge in [-0.2, -0.15) is 0 Å². The fraction of sp³-hybridized carbons (Fsp3) is 0.417. The van der Waals surface area contributed by atoms with Crippen molar-refractivity contribution < 1.29 is 14.3 Å². The van der Waals surface area contributed by atoms with E-state index in [1.807, 2.05) is 0 Å². The molecule has 1 heterocycles. The number of likely N-dealkylation sites (tertiary alicyclic amines) is 1. The summed E-state index contributed by atoms with van der Waals surface area (Å²) in [5.41, 5.74) is 4.87. The van der Waals surface area contributed by atoms with Crippen molar-refractivity contribution in [2.75, 3.05) is 13.1 Å². The van der Waals surface area contributed by atoms with Crippen molar-refractivity contribution >= 4 is 6.03 Å². The monoisotopic (exact) mass is 238 g/mol. The Balaban J connectivity index is 2.11. The number of urea groups is 1. The maximum absolute atomic E-state index is 12.8. The number of hydrogen-bond donors (Lipinski definition) is 2. The lowest BCUT2D eigenvalue weighted by atomic mass is 9.84. The highest BCUT2D eigenvalue weighted by Gasteiger charge is 2.34. The molecule has 4 nitrogen and oxygen atoms in total. The van der Waals surface area contributed by atoms with E-state index in [2.05, 4.69) is 0 Å². The Kier molecular flexibility index (Phi) is 3.02. The number of piperidine rings is 1. The number of benzene rings is 1. The van der Waals surface area contributed by atoms with Crippen molar-refractivity contribution in [2.45, 2.75) is 18.4 Å². The third kappa shape index (κ3) is 2.39. The number of nitrogens with two attached hydrogens (primary N) is 1. The van der Waals surface area contributed by atoms with E-state index in [0.29, 0.717) is 31.5 Å². The Morgan fingerprint density at radius 1 is 1.29 bits per heavy atom. The maximum atomic E-state index is 12.8. The second-order valence-electron chi connectivity index (χ2n) is 4.36. The molecular formula is C12H15FN2O2. The molecule has 0 unspecified atom stereocenters. The van der Waals surface area contributed by atoms with Crippen LogP contribution in [0, 0.1) is 5.82 Å². The van der Waals surface area contributed by atoms with Crippen LogP contribution in [0.1, 0.15) is 18.4 Å². The summed E-state index contributed by atoms with van der Waals surface area (Å²) in [6.07, 6.45) is 0.836. The Hall–Kier alpha value is -1.62. The third-order valence-corrected chi connectivity index (χ3v) is 3.28. The number of nitrogens with zero attached hydrogens (tertiary/aromatic N) is 1. The van der Waals surface area contributed by atoms with Gasteiger partial charge in [0.25, 0.3) is 0 Å². The SMILES string of the molecule is NC(=O)N1CCC(O)(c2ccc(F)cc2)CC1. The molecule has 0 radical (unpaired) electrons. The number of halogens is 1. The zero-order valence-corrected chi connectivity index (χ0v) is 9.40. The number of amides is 2. The molecule has 0 bridgehead atoms. The zero-order chi connectivity index (χ0) is 12.5. The Morgan fingerprint density at radius 2 is 1.82 bits per heavy atom. The first kappa shape index (κ1) is 11.9. The van der Waals surface area contributed by atoms with Crippen molar-refractivity contribution in [1.82, 2.24) is 4.90 Å². The predicted molar refractivity (Wildman–Crippen MR) is 60.7 cm³/mol. The molecule has 1 aromatic carbocycles. The van der Waals surface area contributed by atoms with Crippen LogP contribution in [0.5, 0.6) is 0 Å². The van der Waals surface area contributed by atoms with Crippen LogP contribution in [-0.4, -0.2) is 29.1 Å². The van der Waals surface area contributed by atoms with Gasteiger partial charge >= 0.3 is 6.03 Å². The van der Waals surface area contributed by atoms with E-state index in [4.69, 9.17) is 5.73 Å². The molecule has 0 spiro atoms. The van der Waals surface area contributed by atoms with E-state index in [-0.39, 0.29) is 5.82 Å². The molecule has 0 aromatic heterocycles. The summed E-state index contributed by atoms with van der Waals surface area (Å²) in [7, 11) is 0. The molecular weight excluding hydrogens is 223 g/mol. The summed E-state index contributed by atoms with van der Waals surface area (Å²) in [6, 6.07) is 5.35. The van der Waals surface area contributed by atoms with Crippen LogP contribution in [0.25, 0.3) is 0 Å². The van der Waals surface area contributed by atoms with Gasteiger partial charge in [-0.3, -0.25) is 0 Å². The molecule has 5 heteroatoms. The predicted octanol–water partition coefficient (Wildman–Crippen LogP) is 1.19. The normalized spacial score (nSPS) is 19.1. The second-order valence-corrected chi connectivity index (χ2v) is 4.36. The van der Waals surface area contributed by atoms with E-state index < -0.39 is 11.6 Å². The lowest BCUT2D eigenvalue weighted by molar-refractivity contribution is -0.0161. The van der Waals surface area contributed by atoms with Crippen LogP contribution in [0.3, 0.4) is 0 Å². The van der Waals surface area contributed by atoms with Gasteiger partial charge in [-0.05, 0) is 30.5 Å². The quantitative estimate of drug-likeness (QED) is 0.771. The molecule has 2 rings (SSSR count). The lowest BCUT2D eigenvalue weighted by Gasteiger charge is -2.37. The van der Waals surface area contributed by atoms with Gasteiger partial charge in [0.2, 0.25) is 0 Å². The lowest BCUT2D eigenvalue weighted by Crippen LogP contribution is -2.47. The van der Waals surface area contributed by atoms with Crippen molar-refractivity contribution in [3.8, 4) is 0 Å². The smallest absolute Gasteiger partial charge is 0.314 e. The van der Waals surface area contributed by atoms with Gasteiger partial charge in [0, 0.05) is 13.1 Å². The number of hydrogen-bond acceptors (Lipinski definition) is 2. The number of carbonyl (C=O) groups excluding carboxylic acids is 1. The highest BCUT2D eigenvalue weighted by molar-refractivity contribution is 5.72. The van der Waals surface area contributed by atoms with E-state index in [1.54, 1.807) is 12.1 Å². The summed E-state index contributed by atoms with van der Waals surface area (Å²) in [5.74, 6) is -0.327. The summed E-state index contributed by atoms with van der Waals surface area (Å²) in [6.45, 7) is 0.840. The van der Waals surface area contributed by atoms with Crippen LogP contribution in [0.15, 0.2) is 24.3 Å². The highest BCUT2D eigenvalue weighted by Crippen LogP contribution is 2.32. The fourth-order valence-corrected chi connectivity index (χ4v) is 2.15. The first-order valence-corrected chi connectivity index (χ1v) is 5.54. The highest BCUT2D eigenvalue weighted by atomic mass is 19.1. The molecule has 2 amide bonds. The van der Waals surface area contributed by atoms with Crippen molar-refractivity contribution in [2.24, 2.45) is 5.73 Å². The molecule has 1 aliphatic rings. The molecule has 0 atom stereocenters. The topological polar surface area (TPSA) is 66.6 Å². The molecule has 3 N–H and O–H groups in total. The molecule has 1 fully saturated rings. The average molecular weight is 238 g/mol. The minimum Gasteiger partial charge on any atom is -0.385 e. The molecule has 1 aromatic rings. The van der Waals surface area contributed by atoms with Gasteiger partial charge in [0.05, 0.1) is 5.60 Å². The van der Waals surface area contributed by atoms with E-state index in [0.717, 1.165) is 0 Å². The second kappa shape index (κ2) is 4.33. The minimum atomic E-state index is -0.986. The number of aliphatic hydroxyl groups is 1. The maximum Gasteiger partial charge on any atom is 0.314 e. The summed E-state index contributed by atoms with van der Waals surface area (Å²) in [5, 5.41) is 10.4. The van der Waals surface area contributed by atoms with E-state index in [9.17, 15) is 14.3 Å². The van der Waals surface area contributed by atoms with Gasteiger partial charge in [-0.15, -0.1) is 0 Å². The number of carbonyl (C=O) groups is 1. The van der Waals surface area contributed by atoms with Crippen LogP contribution < -0.4 is 5.73 Å². The average Bonchev–Trinajstić information content (AvgIpc) is 2.30. The zero-order valence-electron chi connectivity index (χ0n) is 9.40. The van der Waals surface area contributed by atoms with Gasteiger partial charge in [0.1, 0.15) is 5.82 Å². The van der Waals surface area contributed by atoms with E-state index >= 15 is 0 Å². The first-order chi connectivity index (χ1) is 8.01. The minimum absolute atomic E-state index is 0.327. The van der Waals surface area contributed by atoms with Gasteiger partial charge in [-0.25, -0.2) is 9.18 Å². The fourth-order valence-electron chi connectivity index (χ4n) is 2.15. The first-order valence-electron chi connectivity index (χ1n) is 5.54. The third-order valence-electron chi connectivity index (χ3n) is 3.28. The summed E-state index contributed by atoms with van der Waals surface area (Å²) in [4.78, 5) is 12.5. The van der Waals surface area contributed by atoms with Crippen molar-refractivity contribution in [3.05, 3.63) is 35.6 Å². The van der Waals surface area contributed by atoms with Gasteiger partial charge in [-0.1, -0.05) is 12.1 Å². The van der Waals surface area contributed by atoms with Crippen molar-refractivity contribution in [3.63, 3.8) is 0 Å².